The van der Waals surface area contributed by atoms with Crippen LogP contribution < -0.4 is 5.73 Å². The number of halogens is 1. The molecule has 0 spiro atoms. The number of nitrogens with zero attached hydrogens (tertiary/aromatic N) is 1. The van der Waals surface area contributed by atoms with E-state index in [-0.39, 0.29) is 35.9 Å². The molecule has 5 heteroatoms. The van der Waals surface area contributed by atoms with Gasteiger partial charge in [0, 0.05) is 37.0 Å². The molecule has 1 fully saturated rings. The summed E-state index contributed by atoms with van der Waals surface area (Å²) in [5.41, 5.74) is 6.30. The maximum absolute atomic E-state index is 12.3. The topological polar surface area (TPSA) is 63.4 Å². The minimum absolute atomic E-state index is 0. The number of hydrogen-bond acceptors (Lipinski definition) is 3. The average molecular weight is 311 g/mol. The Morgan fingerprint density at radius 1 is 1.24 bits per heavy atom. The third-order valence-electron chi connectivity index (χ3n) is 4.01. The molecule has 0 bridgehead atoms. The van der Waals surface area contributed by atoms with E-state index in [9.17, 15) is 9.59 Å². The lowest BCUT2D eigenvalue weighted by Gasteiger charge is -2.32. The smallest absolute Gasteiger partial charge is 0.226 e. The minimum atomic E-state index is -0.128. The van der Waals surface area contributed by atoms with Crippen LogP contribution in [0, 0.1) is 11.8 Å². The van der Waals surface area contributed by atoms with Crippen LogP contribution in [0.3, 0.4) is 0 Å². The number of carbonyl (C=O) groups is 2. The second-order valence-electron chi connectivity index (χ2n) is 5.47. The molecule has 1 aliphatic rings. The number of nitrogens with two attached hydrogens (primary N) is 1. The van der Waals surface area contributed by atoms with Gasteiger partial charge in [0.25, 0.3) is 0 Å². The van der Waals surface area contributed by atoms with Gasteiger partial charge < -0.3 is 10.6 Å². The lowest BCUT2D eigenvalue weighted by atomic mass is 9.88. The molecule has 2 N–H and O–H groups in total. The van der Waals surface area contributed by atoms with E-state index in [0.717, 1.165) is 18.4 Å². The SMILES string of the molecule is CC(CN)C(=O)N1CCC(C(=O)c2ccccc2)CC1.Cl. The second kappa shape index (κ2) is 8.15. The fraction of sp³-hybridized carbons (Fsp3) is 0.500. The highest BCUT2D eigenvalue weighted by molar-refractivity contribution is 5.98. The summed E-state index contributed by atoms with van der Waals surface area (Å²) < 4.78 is 0. The van der Waals surface area contributed by atoms with Crippen molar-refractivity contribution in [1.29, 1.82) is 0 Å². The van der Waals surface area contributed by atoms with Gasteiger partial charge in [0.2, 0.25) is 5.91 Å². The Kier molecular flexibility index (Phi) is 6.85. The van der Waals surface area contributed by atoms with Crippen LogP contribution in [0.15, 0.2) is 30.3 Å². The van der Waals surface area contributed by atoms with Gasteiger partial charge in [-0.25, -0.2) is 0 Å². The van der Waals surface area contributed by atoms with Crippen molar-refractivity contribution in [3.05, 3.63) is 35.9 Å². The summed E-state index contributed by atoms with van der Waals surface area (Å²) in [6.45, 7) is 3.55. The van der Waals surface area contributed by atoms with E-state index >= 15 is 0 Å². The molecule has 1 aromatic carbocycles. The first-order chi connectivity index (χ1) is 9.63. The highest BCUT2D eigenvalue weighted by Gasteiger charge is 2.29. The molecule has 2 rings (SSSR count). The Labute approximate surface area is 132 Å². The number of hydrogen-bond donors (Lipinski definition) is 1. The zero-order valence-electron chi connectivity index (χ0n) is 12.3. The fourth-order valence-electron chi connectivity index (χ4n) is 2.61. The molecule has 1 amide bonds. The van der Waals surface area contributed by atoms with Crippen LogP contribution in [0.5, 0.6) is 0 Å². The second-order valence-corrected chi connectivity index (χ2v) is 5.47. The number of likely N-dealkylation sites (tertiary alicyclic amines) is 1. The van der Waals surface area contributed by atoms with E-state index in [1.165, 1.54) is 0 Å². The molecular formula is C16H23ClN2O2. The Balaban J connectivity index is 0.00000220. The first-order valence-electron chi connectivity index (χ1n) is 7.21. The molecule has 1 atom stereocenters. The highest BCUT2D eigenvalue weighted by Crippen LogP contribution is 2.22. The summed E-state index contributed by atoms with van der Waals surface area (Å²) in [6, 6.07) is 9.39. The monoisotopic (exact) mass is 310 g/mol. The van der Waals surface area contributed by atoms with Crippen LogP contribution in [-0.4, -0.2) is 36.2 Å². The van der Waals surface area contributed by atoms with Gasteiger partial charge in [-0.1, -0.05) is 37.3 Å². The molecule has 1 aliphatic heterocycles. The van der Waals surface area contributed by atoms with Gasteiger partial charge in [-0.05, 0) is 12.8 Å². The molecule has 0 aliphatic carbocycles. The van der Waals surface area contributed by atoms with Crippen LogP contribution in [-0.2, 0) is 4.79 Å². The predicted octanol–water partition coefficient (Wildman–Crippen LogP) is 2.12. The van der Waals surface area contributed by atoms with Gasteiger partial charge in [0.1, 0.15) is 0 Å². The standard InChI is InChI=1S/C16H22N2O2.ClH/c1-12(11-17)16(20)18-9-7-14(8-10-18)15(19)13-5-3-2-4-6-13;/h2-6,12,14H,7-11,17H2,1H3;1H. The van der Waals surface area contributed by atoms with Crippen molar-refractivity contribution in [2.24, 2.45) is 17.6 Å². The van der Waals surface area contributed by atoms with Crippen molar-refractivity contribution < 1.29 is 9.59 Å². The van der Waals surface area contributed by atoms with Gasteiger partial charge in [0.05, 0.1) is 0 Å². The summed E-state index contributed by atoms with van der Waals surface area (Å²) in [4.78, 5) is 26.2. The highest BCUT2D eigenvalue weighted by atomic mass is 35.5. The molecule has 1 unspecified atom stereocenters. The minimum Gasteiger partial charge on any atom is -0.342 e. The average Bonchev–Trinajstić information content (AvgIpc) is 2.53. The Hall–Kier alpha value is -1.39. The summed E-state index contributed by atoms with van der Waals surface area (Å²) in [6.07, 6.45) is 1.49. The lowest BCUT2D eigenvalue weighted by molar-refractivity contribution is -0.135. The molecule has 0 saturated carbocycles. The molecule has 1 aromatic rings. The Morgan fingerprint density at radius 3 is 2.33 bits per heavy atom. The van der Waals surface area contributed by atoms with E-state index in [0.29, 0.717) is 19.6 Å². The zero-order chi connectivity index (χ0) is 14.5. The van der Waals surface area contributed by atoms with E-state index < -0.39 is 0 Å². The number of piperidine rings is 1. The van der Waals surface area contributed by atoms with Gasteiger partial charge in [-0.3, -0.25) is 9.59 Å². The molecule has 4 nitrogen and oxygen atoms in total. The van der Waals surface area contributed by atoms with Crippen LogP contribution >= 0.6 is 12.4 Å². The summed E-state index contributed by atoms with van der Waals surface area (Å²) in [5.74, 6) is 0.216. The zero-order valence-corrected chi connectivity index (χ0v) is 13.1. The van der Waals surface area contributed by atoms with Crippen LogP contribution in [0.25, 0.3) is 0 Å². The van der Waals surface area contributed by atoms with E-state index in [2.05, 4.69) is 0 Å². The predicted molar refractivity (Wildman–Crippen MR) is 85.5 cm³/mol. The molecule has 21 heavy (non-hydrogen) atoms. The fourth-order valence-corrected chi connectivity index (χ4v) is 2.61. The summed E-state index contributed by atoms with van der Waals surface area (Å²) in [5, 5.41) is 0. The van der Waals surface area contributed by atoms with Crippen molar-refractivity contribution in [1.82, 2.24) is 4.90 Å². The number of carbonyl (C=O) groups excluding carboxylic acids is 2. The van der Waals surface area contributed by atoms with Gasteiger partial charge in [-0.2, -0.15) is 0 Å². The first-order valence-corrected chi connectivity index (χ1v) is 7.21. The largest absolute Gasteiger partial charge is 0.342 e. The number of Topliss-reactive ketones (excluding diaryl/α,β-unsaturated/α-hetero) is 1. The number of rotatable bonds is 4. The Bertz CT molecular complexity index is 470. The van der Waals surface area contributed by atoms with E-state index in [4.69, 9.17) is 5.73 Å². The van der Waals surface area contributed by atoms with E-state index in [1.54, 1.807) is 0 Å². The normalized spacial score (nSPS) is 17.0. The van der Waals surface area contributed by atoms with Gasteiger partial charge in [-0.15, -0.1) is 12.4 Å². The number of amides is 1. The van der Waals surface area contributed by atoms with Crippen LogP contribution in [0.4, 0.5) is 0 Å². The van der Waals surface area contributed by atoms with Crippen LogP contribution in [0.1, 0.15) is 30.1 Å². The van der Waals surface area contributed by atoms with Crippen molar-refractivity contribution in [2.45, 2.75) is 19.8 Å². The summed E-state index contributed by atoms with van der Waals surface area (Å²) >= 11 is 0. The molecule has 1 heterocycles. The molecule has 116 valence electrons. The quantitative estimate of drug-likeness (QED) is 0.867. The van der Waals surface area contributed by atoms with Gasteiger partial charge in [0.15, 0.2) is 5.78 Å². The van der Waals surface area contributed by atoms with Crippen molar-refractivity contribution in [3.63, 3.8) is 0 Å². The maximum atomic E-state index is 12.3. The molecule has 1 saturated heterocycles. The summed E-state index contributed by atoms with van der Waals surface area (Å²) in [7, 11) is 0. The number of ketones is 1. The molecule has 0 aromatic heterocycles. The first kappa shape index (κ1) is 17.7. The van der Waals surface area contributed by atoms with E-state index in [1.807, 2.05) is 42.2 Å². The van der Waals surface area contributed by atoms with Crippen molar-refractivity contribution in [3.8, 4) is 0 Å². The van der Waals surface area contributed by atoms with Crippen molar-refractivity contribution >= 4 is 24.1 Å². The molecule has 0 radical (unpaired) electrons. The van der Waals surface area contributed by atoms with Gasteiger partial charge >= 0.3 is 0 Å². The van der Waals surface area contributed by atoms with Crippen LogP contribution in [0.2, 0.25) is 0 Å². The molecular weight excluding hydrogens is 288 g/mol. The third-order valence-corrected chi connectivity index (χ3v) is 4.01. The third kappa shape index (κ3) is 4.29. The maximum Gasteiger partial charge on any atom is 0.226 e. The Morgan fingerprint density at radius 2 is 1.81 bits per heavy atom. The lowest BCUT2D eigenvalue weighted by Crippen LogP contribution is -2.44. The van der Waals surface area contributed by atoms with Crippen molar-refractivity contribution in [2.75, 3.05) is 19.6 Å². The number of benzene rings is 1.